The van der Waals surface area contributed by atoms with Crippen LogP contribution in [0.5, 0.6) is 0 Å². The lowest BCUT2D eigenvalue weighted by Gasteiger charge is -2.20. The van der Waals surface area contributed by atoms with Crippen LogP contribution >= 0.6 is 0 Å². The minimum atomic E-state index is -3.50. The summed E-state index contributed by atoms with van der Waals surface area (Å²) in [6.07, 6.45) is 1.91. The first-order valence-electron chi connectivity index (χ1n) is 8.87. The highest BCUT2D eigenvalue weighted by molar-refractivity contribution is 7.89. The summed E-state index contributed by atoms with van der Waals surface area (Å²) in [4.78, 5) is 2.19. The van der Waals surface area contributed by atoms with Gasteiger partial charge in [-0.15, -0.1) is 0 Å². The second-order valence-corrected chi connectivity index (χ2v) is 8.95. The average molecular weight is 400 g/mol. The van der Waals surface area contributed by atoms with Crippen molar-refractivity contribution in [3.05, 3.63) is 66.5 Å². The third-order valence-electron chi connectivity index (χ3n) is 4.35. The summed E-state index contributed by atoms with van der Waals surface area (Å²) in [6.45, 7) is 0.478. The highest BCUT2D eigenvalue weighted by atomic mass is 32.2. The van der Waals surface area contributed by atoms with E-state index in [4.69, 9.17) is 0 Å². The Kier molecular flexibility index (Phi) is 5.71. The molecule has 2 aromatic carbocycles. The molecule has 0 aliphatic rings. The normalized spacial score (nSPS) is 11.6. The number of benzene rings is 2. The van der Waals surface area contributed by atoms with Gasteiger partial charge in [0.15, 0.2) is 0 Å². The molecule has 1 N–H and O–H groups in total. The molecule has 148 valence electrons. The standard InChI is InChI=1S/C20H25N5O2S/c1-23(2)20-11-10-18(28(26,27)24(3)4)14-19(20)21-15-16-12-13-25(22-16)17-8-6-5-7-9-17/h5-14,21H,15H2,1-4H3. The van der Waals surface area contributed by atoms with Gasteiger partial charge >= 0.3 is 0 Å². The zero-order valence-electron chi connectivity index (χ0n) is 16.5. The maximum absolute atomic E-state index is 12.5. The quantitative estimate of drug-likeness (QED) is 0.662. The van der Waals surface area contributed by atoms with Gasteiger partial charge in [0.2, 0.25) is 10.0 Å². The average Bonchev–Trinajstić information content (AvgIpc) is 3.15. The SMILES string of the molecule is CN(C)c1ccc(S(=O)(=O)N(C)C)cc1NCc1ccn(-c2ccccc2)n1. The Morgan fingerprint density at radius 3 is 2.36 bits per heavy atom. The third kappa shape index (κ3) is 4.18. The molecule has 0 unspecified atom stereocenters. The van der Waals surface area contributed by atoms with Gasteiger partial charge in [0.05, 0.1) is 34.2 Å². The molecule has 8 heteroatoms. The van der Waals surface area contributed by atoms with Crippen molar-refractivity contribution in [1.29, 1.82) is 0 Å². The fourth-order valence-electron chi connectivity index (χ4n) is 2.78. The maximum Gasteiger partial charge on any atom is 0.242 e. The molecule has 0 aliphatic carbocycles. The number of nitrogens with one attached hydrogen (secondary N) is 1. The molecule has 0 atom stereocenters. The molecule has 0 saturated heterocycles. The molecule has 3 aromatic rings. The van der Waals surface area contributed by atoms with E-state index in [1.807, 2.05) is 66.3 Å². The van der Waals surface area contributed by atoms with Crippen LogP contribution in [-0.4, -0.2) is 50.7 Å². The van der Waals surface area contributed by atoms with Gasteiger partial charge in [0.1, 0.15) is 0 Å². The van der Waals surface area contributed by atoms with Crippen LogP contribution in [0.4, 0.5) is 11.4 Å². The van der Waals surface area contributed by atoms with E-state index in [-0.39, 0.29) is 4.90 Å². The largest absolute Gasteiger partial charge is 0.378 e. The molecule has 0 spiro atoms. The van der Waals surface area contributed by atoms with Crippen molar-refractivity contribution in [2.75, 3.05) is 38.4 Å². The van der Waals surface area contributed by atoms with Crippen molar-refractivity contribution in [1.82, 2.24) is 14.1 Å². The van der Waals surface area contributed by atoms with E-state index >= 15 is 0 Å². The molecule has 1 heterocycles. The lowest BCUT2D eigenvalue weighted by molar-refractivity contribution is 0.521. The molecule has 0 aliphatic heterocycles. The van der Waals surface area contributed by atoms with Gasteiger partial charge in [-0.3, -0.25) is 0 Å². The molecule has 28 heavy (non-hydrogen) atoms. The van der Waals surface area contributed by atoms with Crippen LogP contribution in [0.15, 0.2) is 65.7 Å². The minimum absolute atomic E-state index is 0.250. The second kappa shape index (κ2) is 8.04. The molecule has 7 nitrogen and oxygen atoms in total. The molecule has 0 amide bonds. The van der Waals surface area contributed by atoms with Gasteiger partial charge in [0.25, 0.3) is 0 Å². The predicted octanol–water partition coefficient (Wildman–Crippen LogP) is 2.80. The molecular weight excluding hydrogens is 374 g/mol. The molecule has 3 rings (SSSR count). The number of hydrogen-bond acceptors (Lipinski definition) is 5. The van der Waals surface area contributed by atoms with Gasteiger partial charge in [-0.1, -0.05) is 18.2 Å². The number of aromatic nitrogens is 2. The number of rotatable bonds is 7. The van der Waals surface area contributed by atoms with Crippen LogP contribution in [0.1, 0.15) is 5.69 Å². The van der Waals surface area contributed by atoms with Crippen LogP contribution in [0, 0.1) is 0 Å². The third-order valence-corrected chi connectivity index (χ3v) is 6.16. The molecular formula is C20H25N5O2S. The maximum atomic E-state index is 12.5. The summed E-state index contributed by atoms with van der Waals surface area (Å²) < 4.78 is 28.0. The Bertz CT molecular complexity index is 1040. The fraction of sp³-hybridized carbons (Fsp3) is 0.250. The predicted molar refractivity (Wildman–Crippen MR) is 113 cm³/mol. The van der Waals surface area contributed by atoms with Gasteiger partial charge < -0.3 is 10.2 Å². The highest BCUT2D eigenvalue weighted by Gasteiger charge is 2.19. The molecule has 0 saturated carbocycles. The molecule has 0 bridgehead atoms. The zero-order chi connectivity index (χ0) is 20.3. The van der Waals surface area contributed by atoms with Crippen LogP contribution in [0.25, 0.3) is 5.69 Å². The summed E-state index contributed by atoms with van der Waals surface area (Å²) in [7, 11) is 3.39. The molecule has 0 fully saturated rings. The summed E-state index contributed by atoms with van der Waals surface area (Å²) in [5.74, 6) is 0. The van der Waals surface area contributed by atoms with Crippen molar-refractivity contribution in [2.45, 2.75) is 11.4 Å². The minimum Gasteiger partial charge on any atom is -0.378 e. The Hall–Kier alpha value is -2.84. The highest BCUT2D eigenvalue weighted by Crippen LogP contribution is 2.29. The summed E-state index contributed by atoms with van der Waals surface area (Å²) in [6, 6.07) is 16.9. The van der Waals surface area contributed by atoms with E-state index in [0.717, 1.165) is 22.8 Å². The van der Waals surface area contributed by atoms with Gasteiger partial charge in [-0.25, -0.2) is 17.4 Å². The number of sulfonamides is 1. The van der Waals surface area contributed by atoms with Crippen LogP contribution in [0.3, 0.4) is 0 Å². The summed E-state index contributed by atoms with van der Waals surface area (Å²) in [5, 5.41) is 7.91. The fourth-order valence-corrected chi connectivity index (χ4v) is 3.71. The van der Waals surface area contributed by atoms with E-state index in [0.29, 0.717) is 6.54 Å². The Morgan fingerprint density at radius 2 is 1.71 bits per heavy atom. The van der Waals surface area contributed by atoms with Crippen LogP contribution < -0.4 is 10.2 Å². The zero-order valence-corrected chi connectivity index (χ0v) is 17.3. The van der Waals surface area contributed by atoms with Crippen molar-refractivity contribution in [3.63, 3.8) is 0 Å². The van der Waals surface area contributed by atoms with E-state index in [9.17, 15) is 8.42 Å². The Labute approximate surface area is 166 Å². The monoisotopic (exact) mass is 399 g/mol. The second-order valence-electron chi connectivity index (χ2n) is 6.80. The first kappa shape index (κ1) is 19.9. The van der Waals surface area contributed by atoms with Crippen LogP contribution in [0.2, 0.25) is 0 Å². The van der Waals surface area contributed by atoms with E-state index in [1.165, 1.54) is 18.4 Å². The van der Waals surface area contributed by atoms with Gasteiger partial charge in [-0.2, -0.15) is 5.10 Å². The Morgan fingerprint density at radius 1 is 1.00 bits per heavy atom. The van der Waals surface area contributed by atoms with E-state index < -0.39 is 10.0 Å². The lowest BCUT2D eigenvalue weighted by atomic mass is 10.2. The Balaban J connectivity index is 1.84. The molecule has 0 radical (unpaired) electrons. The van der Waals surface area contributed by atoms with Crippen LogP contribution in [-0.2, 0) is 16.6 Å². The van der Waals surface area contributed by atoms with Gasteiger partial charge in [-0.05, 0) is 36.4 Å². The first-order valence-corrected chi connectivity index (χ1v) is 10.3. The number of anilines is 2. The van der Waals surface area contributed by atoms with Crippen molar-refractivity contribution in [2.24, 2.45) is 0 Å². The number of para-hydroxylation sites is 1. The number of hydrogen-bond donors (Lipinski definition) is 1. The smallest absolute Gasteiger partial charge is 0.242 e. The van der Waals surface area contributed by atoms with Crippen molar-refractivity contribution in [3.8, 4) is 5.69 Å². The van der Waals surface area contributed by atoms with Crippen molar-refractivity contribution < 1.29 is 8.42 Å². The molecule has 1 aromatic heterocycles. The summed E-state index contributed by atoms with van der Waals surface area (Å²) in [5.41, 5.74) is 3.48. The number of nitrogens with zero attached hydrogens (tertiary/aromatic N) is 4. The van der Waals surface area contributed by atoms with Gasteiger partial charge in [0, 0.05) is 34.4 Å². The van der Waals surface area contributed by atoms with E-state index in [1.54, 1.807) is 18.2 Å². The van der Waals surface area contributed by atoms with Crippen molar-refractivity contribution >= 4 is 21.4 Å². The first-order chi connectivity index (χ1) is 13.3. The lowest BCUT2D eigenvalue weighted by Crippen LogP contribution is -2.22. The summed E-state index contributed by atoms with van der Waals surface area (Å²) >= 11 is 0. The topological polar surface area (TPSA) is 70.5 Å². The van der Waals surface area contributed by atoms with E-state index in [2.05, 4.69) is 10.4 Å².